The van der Waals surface area contributed by atoms with Gasteiger partial charge in [0.25, 0.3) is 0 Å². The van der Waals surface area contributed by atoms with Gasteiger partial charge in [0.05, 0.1) is 5.92 Å². The molecule has 4 nitrogen and oxygen atoms in total. The van der Waals surface area contributed by atoms with Crippen molar-refractivity contribution in [3.8, 4) is 0 Å². The van der Waals surface area contributed by atoms with E-state index in [9.17, 15) is 4.79 Å². The maximum absolute atomic E-state index is 12.5. The predicted molar refractivity (Wildman–Crippen MR) is 90.2 cm³/mol. The van der Waals surface area contributed by atoms with E-state index in [-0.39, 0.29) is 42.2 Å². The lowest BCUT2D eigenvalue weighted by Gasteiger charge is -2.37. The van der Waals surface area contributed by atoms with Crippen molar-refractivity contribution in [2.75, 3.05) is 13.1 Å². The third-order valence-electron chi connectivity index (χ3n) is 5.20. The number of rotatable bonds is 3. The van der Waals surface area contributed by atoms with Gasteiger partial charge in [0.1, 0.15) is 0 Å². The normalized spacial score (nSPS) is 36.5. The molecular weight excluding hydrogens is 309 g/mol. The van der Waals surface area contributed by atoms with E-state index in [2.05, 4.69) is 10.2 Å². The average Bonchev–Trinajstić information content (AvgIpc) is 3.10. The summed E-state index contributed by atoms with van der Waals surface area (Å²) in [5.74, 6) is 0.212. The molecule has 124 valence electrons. The Balaban J connectivity index is 0.00000110. The van der Waals surface area contributed by atoms with E-state index in [0.29, 0.717) is 6.04 Å². The molecule has 0 bridgehead atoms. The first kappa shape index (κ1) is 19.0. The van der Waals surface area contributed by atoms with Crippen LogP contribution < -0.4 is 11.1 Å². The van der Waals surface area contributed by atoms with Crippen LogP contribution in [0.2, 0.25) is 0 Å². The van der Waals surface area contributed by atoms with Gasteiger partial charge in [-0.1, -0.05) is 12.8 Å². The quantitative estimate of drug-likeness (QED) is 0.828. The third kappa shape index (κ3) is 4.47. The Hall–Kier alpha value is -0.0300. The minimum atomic E-state index is -0.308. The lowest BCUT2D eigenvalue weighted by molar-refractivity contribution is -0.128. The molecular formula is C15H29Cl2N3O. The van der Waals surface area contributed by atoms with Crippen molar-refractivity contribution in [3.05, 3.63) is 0 Å². The number of hydrogen-bond acceptors (Lipinski definition) is 3. The second-order valence-electron chi connectivity index (χ2n) is 7.02. The molecule has 21 heavy (non-hydrogen) atoms. The highest BCUT2D eigenvalue weighted by atomic mass is 35.5. The number of amides is 1. The lowest BCUT2D eigenvalue weighted by atomic mass is 9.74. The molecule has 0 radical (unpaired) electrons. The molecule has 6 heteroatoms. The van der Waals surface area contributed by atoms with Gasteiger partial charge in [-0.15, -0.1) is 24.8 Å². The standard InChI is InChI=1S/C15H27N3O.2ClH/c1-15(16)8-3-2-4-13(15)14(19)17-11-7-9-18(10-11)12-5-6-12;;/h11-13H,2-10,16H2,1H3,(H,17,19);2*1H. The van der Waals surface area contributed by atoms with Gasteiger partial charge in [-0.05, 0) is 39.0 Å². The van der Waals surface area contributed by atoms with Crippen LogP contribution >= 0.6 is 24.8 Å². The first-order valence-corrected chi connectivity index (χ1v) is 7.89. The lowest BCUT2D eigenvalue weighted by Crippen LogP contribution is -2.54. The van der Waals surface area contributed by atoms with Gasteiger partial charge in [-0.2, -0.15) is 0 Å². The first-order valence-electron chi connectivity index (χ1n) is 7.89. The molecule has 2 aliphatic carbocycles. The van der Waals surface area contributed by atoms with E-state index < -0.39 is 0 Å². The van der Waals surface area contributed by atoms with Gasteiger partial charge in [-0.3, -0.25) is 9.69 Å². The fraction of sp³-hybridized carbons (Fsp3) is 0.933. The zero-order chi connectivity index (χ0) is 13.5. The number of likely N-dealkylation sites (tertiary alicyclic amines) is 1. The largest absolute Gasteiger partial charge is 0.352 e. The van der Waals surface area contributed by atoms with Crippen molar-refractivity contribution in [2.24, 2.45) is 11.7 Å². The third-order valence-corrected chi connectivity index (χ3v) is 5.20. The number of nitrogens with one attached hydrogen (secondary N) is 1. The molecule has 3 aliphatic rings. The minimum absolute atomic E-state index is 0. The Kier molecular flexibility index (Phi) is 6.79. The summed E-state index contributed by atoms with van der Waals surface area (Å²) in [4.78, 5) is 15.0. The predicted octanol–water partition coefficient (Wildman–Crippen LogP) is 2.09. The topological polar surface area (TPSA) is 58.4 Å². The van der Waals surface area contributed by atoms with Crippen molar-refractivity contribution in [3.63, 3.8) is 0 Å². The fourth-order valence-electron chi connectivity index (χ4n) is 3.77. The van der Waals surface area contributed by atoms with Gasteiger partial charge in [-0.25, -0.2) is 0 Å². The number of carbonyl (C=O) groups excluding carboxylic acids is 1. The van der Waals surface area contributed by atoms with Crippen LogP contribution in [0.15, 0.2) is 0 Å². The molecule has 3 atom stereocenters. The van der Waals surface area contributed by atoms with Gasteiger partial charge >= 0.3 is 0 Å². The van der Waals surface area contributed by atoms with E-state index in [0.717, 1.165) is 51.2 Å². The number of hydrogen-bond donors (Lipinski definition) is 2. The number of nitrogens with zero attached hydrogens (tertiary/aromatic N) is 1. The van der Waals surface area contributed by atoms with Gasteiger partial charge in [0.2, 0.25) is 5.91 Å². The summed E-state index contributed by atoms with van der Waals surface area (Å²) in [6.45, 7) is 4.24. The highest BCUT2D eigenvalue weighted by Gasteiger charge is 2.40. The van der Waals surface area contributed by atoms with Crippen LogP contribution in [0.3, 0.4) is 0 Å². The van der Waals surface area contributed by atoms with E-state index in [4.69, 9.17) is 5.73 Å². The van der Waals surface area contributed by atoms with E-state index in [1.165, 1.54) is 12.8 Å². The Morgan fingerprint density at radius 2 is 1.90 bits per heavy atom. The van der Waals surface area contributed by atoms with Crippen LogP contribution in [0.25, 0.3) is 0 Å². The molecule has 1 aliphatic heterocycles. The monoisotopic (exact) mass is 337 g/mol. The average molecular weight is 338 g/mol. The number of nitrogens with two attached hydrogens (primary N) is 1. The zero-order valence-corrected chi connectivity index (χ0v) is 14.5. The summed E-state index contributed by atoms with van der Waals surface area (Å²) < 4.78 is 0. The molecule has 0 aromatic carbocycles. The van der Waals surface area contributed by atoms with E-state index >= 15 is 0 Å². The maximum Gasteiger partial charge on any atom is 0.225 e. The summed E-state index contributed by atoms with van der Waals surface area (Å²) in [5, 5.41) is 3.26. The molecule has 3 N–H and O–H groups in total. The molecule has 3 fully saturated rings. The van der Waals surface area contributed by atoms with Crippen molar-refractivity contribution in [1.29, 1.82) is 0 Å². The molecule has 3 unspecified atom stereocenters. The number of carbonyl (C=O) groups is 1. The van der Waals surface area contributed by atoms with Crippen LogP contribution in [0.1, 0.15) is 51.9 Å². The first-order chi connectivity index (χ1) is 9.06. The van der Waals surface area contributed by atoms with Gasteiger partial charge < -0.3 is 11.1 Å². The fourth-order valence-corrected chi connectivity index (χ4v) is 3.77. The molecule has 1 saturated heterocycles. The van der Waals surface area contributed by atoms with E-state index in [1.54, 1.807) is 0 Å². The van der Waals surface area contributed by atoms with Crippen LogP contribution in [0.4, 0.5) is 0 Å². The van der Waals surface area contributed by atoms with Crippen molar-refractivity contribution in [2.45, 2.75) is 69.5 Å². The van der Waals surface area contributed by atoms with Crippen LogP contribution in [0, 0.1) is 5.92 Å². The Morgan fingerprint density at radius 1 is 1.19 bits per heavy atom. The molecule has 1 amide bonds. The van der Waals surface area contributed by atoms with Crippen molar-refractivity contribution in [1.82, 2.24) is 10.2 Å². The maximum atomic E-state index is 12.5. The van der Waals surface area contributed by atoms with E-state index in [1.807, 2.05) is 6.92 Å². The molecule has 0 aromatic rings. The molecule has 0 spiro atoms. The second-order valence-corrected chi connectivity index (χ2v) is 7.02. The summed E-state index contributed by atoms with van der Waals surface area (Å²) in [7, 11) is 0. The summed E-state index contributed by atoms with van der Waals surface area (Å²) in [5.41, 5.74) is 6.00. The minimum Gasteiger partial charge on any atom is -0.352 e. The molecule has 1 heterocycles. The smallest absolute Gasteiger partial charge is 0.225 e. The van der Waals surface area contributed by atoms with Gasteiger partial charge in [0.15, 0.2) is 0 Å². The highest BCUT2D eigenvalue weighted by molar-refractivity contribution is 5.85. The Labute approximate surface area is 140 Å². The van der Waals surface area contributed by atoms with Crippen molar-refractivity contribution < 1.29 is 4.79 Å². The number of halogens is 2. The molecule has 2 saturated carbocycles. The summed E-state index contributed by atoms with van der Waals surface area (Å²) >= 11 is 0. The summed E-state index contributed by atoms with van der Waals surface area (Å²) in [6, 6.07) is 1.17. The Bertz CT molecular complexity index is 361. The second kappa shape index (κ2) is 7.49. The molecule has 0 aromatic heterocycles. The summed E-state index contributed by atoms with van der Waals surface area (Å²) in [6.07, 6.45) is 8.05. The zero-order valence-electron chi connectivity index (χ0n) is 12.8. The van der Waals surface area contributed by atoms with Gasteiger partial charge in [0, 0.05) is 30.7 Å². The van der Waals surface area contributed by atoms with Crippen LogP contribution in [0.5, 0.6) is 0 Å². The highest BCUT2D eigenvalue weighted by Crippen LogP contribution is 2.33. The van der Waals surface area contributed by atoms with Crippen LogP contribution in [-0.4, -0.2) is 41.5 Å². The SMILES string of the molecule is CC1(N)CCCCC1C(=O)NC1CCN(C2CC2)C1.Cl.Cl. The van der Waals surface area contributed by atoms with Crippen molar-refractivity contribution >= 4 is 30.7 Å². The van der Waals surface area contributed by atoms with Crippen LogP contribution in [-0.2, 0) is 4.79 Å². The Morgan fingerprint density at radius 3 is 2.52 bits per heavy atom. The molecule has 3 rings (SSSR count).